The number of aliphatic imine (C=N–C) groups is 1. The van der Waals surface area contributed by atoms with Crippen LogP contribution in [0, 0.1) is 0 Å². The van der Waals surface area contributed by atoms with E-state index in [0.29, 0.717) is 12.2 Å². The summed E-state index contributed by atoms with van der Waals surface area (Å²) in [6.07, 6.45) is 0.611. The normalized spacial score (nSPS) is 11.8. The van der Waals surface area contributed by atoms with Gasteiger partial charge in [0.05, 0.1) is 0 Å². The number of amidine groups is 1. The quantitative estimate of drug-likeness (QED) is 0.612. The van der Waals surface area contributed by atoms with E-state index in [1.807, 2.05) is 37.4 Å². The summed E-state index contributed by atoms with van der Waals surface area (Å²) in [5.41, 5.74) is 0.915. The van der Waals surface area contributed by atoms with Crippen molar-refractivity contribution in [3.05, 3.63) is 42.0 Å². The van der Waals surface area contributed by atoms with E-state index >= 15 is 0 Å². The number of aromatic hydroxyl groups is 1. The summed E-state index contributed by atoms with van der Waals surface area (Å²) < 4.78 is 0. The highest BCUT2D eigenvalue weighted by atomic mass is 16.3. The fourth-order valence-electron chi connectivity index (χ4n) is 1.96. The van der Waals surface area contributed by atoms with Crippen molar-refractivity contribution in [3.8, 4) is 5.75 Å². The molecule has 2 aromatic carbocycles. The summed E-state index contributed by atoms with van der Waals surface area (Å²) in [4.78, 5) is 4.14. The number of hydrogen-bond donors (Lipinski definition) is 2. The molecule has 0 saturated carbocycles. The molecule has 2 aromatic rings. The van der Waals surface area contributed by atoms with Gasteiger partial charge in [0.1, 0.15) is 11.6 Å². The summed E-state index contributed by atoms with van der Waals surface area (Å²) in [6.45, 7) is 0. The van der Waals surface area contributed by atoms with E-state index < -0.39 is 0 Å². The van der Waals surface area contributed by atoms with E-state index in [1.54, 1.807) is 13.1 Å². The van der Waals surface area contributed by atoms with E-state index in [2.05, 4.69) is 10.3 Å². The zero-order valence-corrected chi connectivity index (χ0v) is 10.1. The van der Waals surface area contributed by atoms with Gasteiger partial charge in [-0.3, -0.25) is 4.99 Å². The van der Waals surface area contributed by atoms with Crippen molar-refractivity contribution < 1.29 is 5.11 Å². The molecule has 0 aliphatic heterocycles. The highest BCUT2D eigenvalue weighted by Gasteiger charge is 2.08. The average Bonchev–Trinajstić information content (AvgIpc) is 2.38. The third-order valence-corrected chi connectivity index (χ3v) is 2.92. The van der Waals surface area contributed by atoms with Gasteiger partial charge in [-0.2, -0.15) is 0 Å². The topological polar surface area (TPSA) is 44.6 Å². The Morgan fingerprint density at radius 1 is 1.24 bits per heavy atom. The molecule has 0 aliphatic rings. The second kappa shape index (κ2) is 4.87. The van der Waals surface area contributed by atoms with Crippen LogP contribution in [0.15, 0.2) is 41.4 Å². The summed E-state index contributed by atoms with van der Waals surface area (Å²) in [7, 11) is 3.58. The molecular weight excluding hydrogens is 212 g/mol. The second-order valence-electron chi connectivity index (χ2n) is 3.88. The van der Waals surface area contributed by atoms with Crippen molar-refractivity contribution in [1.29, 1.82) is 0 Å². The molecule has 0 aliphatic carbocycles. The maximum absolute atomic E-state index is 9.97. The van der Waals surface area contributed by atoms with Crippen LogP contribution < -0.4 is 5.32 Å². The minimum atomic E-state index is 0.320. The van der Waals surface area contributed by atoms with Crippen LogP contribution in [0.5, 0.6) is 5.75 Å². The van der Waals surface area contributed by atoms with Crippen LogP contribution in [0.25, 0.3) is 10.8 Å². The van der Waals surface area contributed by atoms with Gasteiger partial charge < -0.3 is 10.4 Å². The number of hydrogen-bond acceptors (Lipinski definition) is 2. The fraction of sp³-hybridized carbons (Fsp3) is 0.214. The van der Waals surface area contributed by atoms with Crippen LogP contribution >= 0.6 is 0 Å². The van der Waals surface area contributed by atoms with Gasteiger partial charge >= 0.3 is 0 Å². The monoisotopic (exact) mass is 228 g/mol. The van der Waals surface area contributed by atoms with Crippen LogP contribution in [0.4, 0.5) is 0 Å². The number of likely N-dealkylation sites (N-methyl/N-ethyl adjacent to an activating group) is 1. The van der Waals surface area contributed by atoms with Gasteiger partial charge in [-0.05, 0) is 16.8 Å². The van der Waals surface area contributed by atoms with Gasteiger partial charge in [0.2, 0.25) is 0 Å². The number of fused-ring (bicyclic) bond motifs is 1. The molecule has 17 heavy (non-hydrogen) atoms. The Morgan fingerprint density at radius 2 is 2.00 bits per heavy atom. The first kappa shape index (κ1) is 11.5. The number of rotatable bonds is 2. The van der Waals surface area contributed by atoms with Crippen LogP contribution in [-0.2, 0) is 6.42 Å². The number of phenols is 1. The summed E-state index contributed by atoms with van der Waals surface area (Å²) >= 11 is 0. The third kappa shape index (κ3) is 2.23. The lowest BCUT2D eigenvalue weighted by molar-refractivity contribution is 0.471. The molecule has 0 bridgehead atoms. The number of benzene rings is 2. The maximum atomic E-state index is 9.97. The molecule has 3 nitrogen and oxygen atoms in total. The zero-order valence-electron chi connectivity index (χ0n) is 10.1. The Morgan fingerprint density at radius 3 is 2.71 bits per heavy atom. The SMILES string of the molecule is CN=C(Cc1c(O)ccc2ccccc12)NC. The fourth-order valence-corrected chi connectivity index (χ4v) is 1.96. The standard InChI is InChI=1S/C14H16N2O/c1-15-14(16-2)9-12-11-6-4-3-5-10(11)7-8-13(12)17/h3-8,17H,9H2,1-2H3,(H,15,16). The number of phenolic OH excluding ortho intramolecular Hbond substituents is 1. The molecule has 0 saturated heterocycles. The summed E-state index contributed by atoms with van der Waals surface area (Å²) in [5.74, 6) is 1.18. The minimum absolute atomic E-state index is 0.320. The third-order valence-electron chi connectivity index (χ3n) is 2.92. The predicted molar refractivity (Wildman–Crippen MR) is 71.7 cm³/mol. The Labute approximate surface area is 101 Å². The van der Waals surface area contributed by atoms with Crippen LogP contribution in [0.3, 0.4) is 0 Å². The molecule has 0 unspecified atom stereocenters. The van der Waals surface area contributed by atoms with E-state index in [0.717, 1.165) is 22.2 Å². The highest BCUT2D eigenvalue weighted by Crippen LogP contribution is 2.27. The predicted octanol–water partition coefficient (Wildman–Crippen LogP) is 2.34. The van der Waals surface area contributed by atoms with Crippen LogP contribution in [0.2, 0.25) is 0 Å². The minimum Gasteiger partial charge on any atom is -0.508 e. The van der Waals surface area contributed by atoms with Gasteiger partial charge in [-0.1, -0.05) is 30.3 Å². The number of nitrogens with one attached hydrogen (secondary N) is 1. The Kier molecular flexibility index (Phi) is 3.28. The number of nitrogens with zero attached hydrogens (tertiary/aromatic N) is 1. The Hall–Kier alpha value is -2.03. The van der Waals surface area contributed by atoms with Crippen molar-refractivity contribution in [2.24, 2.45) is 4.99 Å². The molecule has 2 N–H and O–H groups in total. The molecule has 0 aromatic heterocycles. The molecule has 0 fully saturated rings. The van der Waals surface area contributed by atoms with Crippen molar-refractivity contribution in [2.75, 3.05) is 14.1 Å². The molecule has 0 atom stereocenters. The lowest BCUT2D eigenvalue weighted by Gasteiger charge is -2.10. The van der Waals surface area contributed by atoms with E-state index in [1.165, 1.54) is 0 Å². The van der Waals surface area contributed by atoms with Crippen molar-refractivity contribution >= 4 is 16.6 Å². The molecule has 0 amide bonds. The Bertz CT molecular complexity index is 561. The van der Waals surface area contributed by atoms with Crippen LogP contribution in [0.1, 0.15) is 5.56 Å². The summed E-state index contributed by atoms with van der Waals surface area (Å²) in [6, 6.07) is 11.7. The van der Waals surface area contributed by atoms with E-state index in [4.69, 9.17) is 0 Å². The van der Waals surface area contributed by atoms with Gasteiger partial charge in [0.25, 0.3) is 0 Å². The molecule has 2 rings (SSSR count). The van der Waals surface area contributed by atoms with Crippen LogP contribution in [-0.4, -0.2) is 25.0 Å². The van der Waals surface area contributed by atoms with Crippen molar-refractivity contribution in [2.45, 2.75) is 6.42 Å². The summed E-state index contributed by atoms with van der Waals surface area (Å²) in [5, 5.41) is 15.2. The smallest absolute Gasteiger partial charge is 0.119 e. The maximum Gasteiger partial charge on any atom is 0.119 e. The first-order chi connectivity index (χ1) is 8.26. The molecule has 0 heterocycles. The zero-order chi connectivity index (χ0) is 12.3. The largest absolute Gasteiger partial charge is 0.508 e. The molecule has 3 heteroatoms. The van der Waals surface area contributed by atoms with Gasteiger partial charge in [-0.15, -0.1) is 0 Å². The van der Waals surface area contributed by atoms with E-state index in [9.17, 15) is 5.11 Å². The van der Waals surface area contributed by atoms with Gasteiger partial charge in [-0.25, -0.2) is 0 Å². The average molecular weight is 228 g/mol. The highest BCUT2D eigenvalue weighted by molar-refractivity contribution is 5.93. The Balaban J connectivity index is 2.55. The van der Waals surface area contributed by atoms with Gasteiger partial charge in [0.15, 0.2) is 0 Å². The molecule has 88 valence electrons. The molecule has 0 radical (unpaired) electrons. The first-order valence-corrected chi connectivity index (χ1v) is 5.59. The van der Waals surface area contributed by atoms with Crippen molar-refractivity contribution in [1.82, 2.24) is 5.32 Å². The lowest BCUT2D eigenvalue weighted by atomic mass is 10.0. The van der Waals surface area contributed by atoms with E-state index in [-0.39, 0.29) is 0 Å². The lowest BCUT2D eigenvalue weighted by Crippen LogP contribution is -2.20. The molecular formula is C14H16N2O. The van der Waals surface area contributed by atoms with Crippen molar-refractivity contribution in [3.63, 3.8) is 0 Å². The first-order valence-electron chi connectivity index (χ1n) is 5.59. The second-order valence-corrected chi connectivity index (χ2v) is 3.88. The molecule has 0 spiro atoms. The van der Waals surface area contributed by atoms with Gasteiger partial charge in [0, 0.05) is 26.1 Å².